The van der Waals surface area contributed by atoms with Gasteiger partial charge in [0.1, 0.15) is 0 Å². The van der Waals surface area contributed by atoms with Gasteiger partial charge in [-0.15, -0.1) is 0 Å². The molecule has 4 rings (SSSR count). The Morgan fingerprint density at radius 1 is 1.12 bits per heavy atom. The molecule has 2 aromatic rings. The van der Waals surface area contributed by atoms with Crippen LogP contribution in [-0.2, 0) is 17.6 Å². The van der Waals surface area contributed by atoms with E-state index < -0.39 is 0 Å². The number of hydrogen-bond donors (Lipinski definition) is 2. The number of hydrogen-bond acceptors (Lipinski definition) is 3. The van der Waals surface area contributed by atoms with Gasteiger partial charge in [0.05, 0.1) is 17.3 Å². The van der Waals surface area contributed by atoms with Gasteiger partial charge in [0.25, 0.3) is 0 Å². The van der Waals surface area contributed by atoms with Gasteiger partial charge in [0.2, 0.25) is 5.91 Å². The predicted octanol–water partition coefficient (Wildman–Crippen LogP) is 3.53. The lowest BCUT2D eigenvalue weighted by atomic mass is 9.70. The molecule has 5 nitrogen and oxygen atoms in total. The maximum absolute atomic E-state index is 12.9. The number of fused-ring (bicyclic) bond motifs is 1. The van der Waals surface area contributed by atoms with Gasteiger partial charge in [-0.25, -0.2) is 0 Å². The molecular formula is C21H28N4O. The lowest BCUT2D eigenvalue weighted by Crippen LogP contribution is -2.42. The molecule has 1 atom stereocenters. The smallest absolute Gasteiger partial charge is 0.229 e. The number of H-pyrrole nitrogens is 1. The topological polar surface area (TPSA) is 70.7 Å². The van der Waals surface area contributed by atoms with Gasteiger partial charge in [0, 0.05) is 6.54 Å². The van der Waals surface area contributed by atoms with E-state index >= 15 is 0 Å². The molecule has 0 bridgehead atoms. The first kappa shape index (κ1) is 17.3. The monoisotopic (exact) mass is 352 g/mol. The van der Waals surface area contributed by atoms with E-state index in [1.165, 1.54) is 37.7 Å². The van der Waals surface area contributed by atoms with Crippen molar-refractivity contribution in [2.75, 3.05) is 6.54 Å². The third-order valence-corrected chi connectivity index (χ3v) is 6.18. The van der Waals surface area contributed by atoms with Crippen molar-refractivity contribution in [3.63, 3.8) is 0 Å². The van der Waals surface area contributed by atoms with Gasteiger partial charge < -0.3 is 5.32 Å². The molecule has 0 spiro atoms. The maximum Gasteiger partial charge on any atom is 0.229 e. The minimum absolute atomic E-state index is 0.123. The van der Waals surface area contributed by atoms with Gasteiger partial charge in [-0.1, -0.05) is 49.6 Å². The van der Waals surface area contributed by atoms with Crippen LogP contribution in [-0.4, -0.2) is 27.9 Å². The second-order valence-corrected chi connectivity index (χ2v) is 8.04. The fourth-order valence-corrected chi connectivity index (χ4v) is 4.73. The van der Waals surface area contributed by atoms with E-state index in [1.54, 1.807) is 0 Å². The average Bonchev–Trinajstić information content (AvgIpc) is 3.16. The fraction of sp³-hybridized carbons (Fsp3) is 0.571. The molecule has 5 heteroatoms. The maximum atomic E-state index is 12.9. The first-order valence-corrected chi connectivity index (χ1v) is 9.97. The molecule has 1 saturated carbocycles. The van der Waals surface area contributed by atoms with E-state index in [0.717, 1.165) is 43.6 Å². The van der Waals surface area contributed by atoms with Gasteiger partial charge in [-0.2, -0.15) is 15.4 Å². The molecule has 2 N–H and O–H groups in total. The number of rotatable bonds is 5. The molecule has 1 aromatic carbocycles. The highest BCUT2D eigenvalue weighted by molar-refractivity contribution is 5.83. The van der Waals surface area contributed by atoms with E-state index in [1.807, 2.05) is 0 Å². The SMILES string of the molecule is O=C(NCC1(Cc2ccccc2)CCCCC1)C1CCCc2n[nH]nc21. The summed E-state index contributed by atoms with van der Waals surface area (Å²) in [4.78, 5) is 12.9. The van der Waals surface area contributed by atoms with Gasteiger partial charge in [-0.05, 0) is 49.5 Å². The second kappa shape index (κ2) is 7.60. The van der Waals surface area contributed by atoms with Crippen LogP contribution in [0.25, 0.3) is 0 Å². The summed E-state index contributed by atoms with van der Waals surface area (Å²) in [6.45, 7) is 0.768. The van der Waals surface area contributed by atoms with Crippen LogP contribution < -0.4 is 5.32 Å². The summed E-state index contributed by atoms with van der Waals surface area (Å²) in [5, 5.41) is 14.4. The first-order valence-electron chi connectivity index (χ1n) is 9.97. The van der Waals surface area contributed by atoms with Crippen molar-refractivity contribution < 1.29 is 4.79 Å². The van der Waals surface area contributed by atoms with E-state index in [-0.39, 0.29) is 17.2 Å². The highest BCUT2D eigenvalue weighted by Crippen LogP contribution is 2.39. The Kier molecular flexibility index (Phi) is 5.05. The summed E-state index contributed by atoms with van der Waals surface area (Å²) < 4.78 is 0. The van der Waals surface area contributed by atoms with Crippen molar-refractivity contribution >= 4 is 5.91 Å². The number of benzene rings is 1. The molecule has 0 radical (unpaired) electrons. The van der Waals surface area contributed by atoms with Crippen LogP contribution in [0, 0.1) is 5.41 Å². The van der Waals surface area contributed by atoms with Crippen LogP contribution in [0.4, 0.5) is 0 Å². The minimum atomic E-state index is -0.144. The zero-order valence-electron chi connectivity index (χ0n) is 15.3. The van der Waals surface area contributed by atoms with Crippen molar-refractivity contribution in [1.29, 1.82) is 0 Å². The van der Waals surface area contributed by atoms with Crippen LogP contribution in [0.1, 0.15) is 67.8 Å². The molecule has 1 fully saturated rings. The number of carbonyl (C=O) groups excluding carboxylic acids is 1. The van der Waals surface area contributed by atoms with E-state index in [0.29, 0.717) is 0 Å². The highest BCUT2D eigenvalue weighted by atomic mass is 16.1. The third kappa shape index (κ3) is 3.67. The Labute approximate surface area is 155 Å². The van der Waals surface area contributed by atoms with Crippen molar-refractivity contribution in [3.8, 4) is 0 Å². The average molecular weight is 352 g/mol. The zero-order chi connectivity index (χ0) is 17.8. The molecule has 0 aliphatic heterocycles. The minimum Gasteiger partial charge on any atom is -0.355 e. The molecule has 2 aliphatic rings. The standard InChI is InChI=1S/C21H28N4O/c26-20(17-10-7-11-18-19(17)24-25-23-18)22-15-21(12-5-2-6-13-21)14-16-8-3-1-4-9-16/h1,3-4,8-9,17H,2,5-7,10-15H2,(H,22,26)(H,23,24,25). The molecule has 2 aliphatic carbocycles. The van der Waals surface area contributed by atoms with Crippen LogP contribution in [0.15, 0.2) is 30.3 Å². The number of nitrogens with one attached hydrogen (secondary N) is 2. The van der Waals surface area contributed by atoms with Crippen LogP contribution in [0.3, 0.4) is 0 Å². The molecule has 1 aromatic heterocycles. The lowest BCUT2D eigenvalue weighted by Gasteiger charge is -2.38. The first-order chi connectivity index (χ1) is 12.8. The molecule has 26 heavy (non-hydrogen) atoms. The molecular weight excluding hydrogens is 324 g/mol. The number of carbonyl (C=O) groups is 1. The summed E-state index contributed by atoms with van der Waals surface area (Å²) in [5.74, 6) is -0.0206. The Balaban J connectivity index is 1.44. The van der Waals surface area contributed by atoms with Crippen LogP contribution in [0.2, 0.25) is 0 Å². The van der Waals surface area contributed by atoms with Crippen molar-refractivity contribution in [1.82, 2.24) is 20.7 Å². The number of aryl methyl sites for hydroxylation is 1. The van der Waals surface area contributed by atoms with Crippen molar-refractivity contribution in [3.05, 3.63) is 47.3 Å². The molecule has 1 heterocycles. The number of aromatic nitrogens is 3. The van der Waals surface area contributed by atoms with Crippen LogP contribution in [0.5, 0.6) is 0 Å². The predicted molar refractivity (Wildman–Crippen MR) is 101 cm³/mol. The Morgan fingerprint density at radius 3 is 2.73 bits per heavy atom. The summed E-state index contributed by atoms with van der Waals surface area (Å²) >= 11 is 0. The Morgan fingerprint density at radius 2 is 1.92 bits per heavy atom. The largest absolute Gasteiger partial charge is 0.355 e. The molecule has 1 unspecified atom stereocenters. The summed E-state index contributed by atoms with van der Waals surface area (Å²) in [6.07, 6.45) is 10.1. The van der Waals surface area contributed by atoms with E-state index in [2.05, 4.69) is 51.1 Å². The lowest BCUT2D eigenvalue weighted by molar-refractivity contribution is -0.123. The van der Waals surface area contributed by atoms with Gasteiger partial charge in [-0.3, -0.25) is 4.79 Å². The summed E-state index contributed by atoms with van der Waals surface area (Å²) in [6, 6.07) is 10.7. The number of amides is 1. The Hall–Kier alpha value is -2.17. The van der Waals surface area contributed by atoms with Gasteiger partial charge >= 0.3 is 0 Å². The summed E-state index contributed by atoms with van der Waals surface area (Å²) in [5.41, 5.74) is 3.39. The van der Waals surface area contributed by atoms with E-state index in [9.17, 15) is 4.79 Å². The number of aromatic amines is 1. The second-order valence-electron chi connectivity index (χ2n) is 8.04. The van der Waals surface area contributed by atoms with E-state index in [4.69, 9.17) is 0 Å². The van der Waals surface area contributed by atoms with Crippen molar-refractivity contribution in [2.45, 2.75) is 63.7 Å². The van der Waals surface area contributed by atoms with Crippen LogP contribution >= 0.6 is 0 Å². The zero-order valence-corrected chi connectivity index (χ0v) is 15.3. The highest BCUT2D eigenvalue weighted by Gasteiger charge is 2.35. The third-order valence-electron chi connectivity index (χ3n) is 6.18. The van der Waals surface area contributed by atoms with Gasteiger partial charge in [0.15, 0.2) is 0 Å². The normalized spacial score (nSPS) is 21.8. The molecule has 0 saturated heterocycles. The number of nitrogens with zero attached hydrogens (tertiary/aromatic N) is 2. The molecule has 1 amide bonds. The quantitative estimate of drug-likeness (QED) is 0.865. The summed E-state index contributed by atoms with van der Waals surface area (Å²) in [7, 11) is 0. The van der Waals surface area contributed by atoms with Crippen molar-refractivity contribution in [2.24, 2.45) is 5.41 Å². The fourth-order valence-electron chi connectivity index (χ4n) is 4.73. The molecule has 138 valence electrons. The Bertz CT molecular complexity index is 733.